The Bertz CT molecular complexity index is 831. The standard InChI is InChI=1S/C14H11N3O.C2HF3O2/c1-10-4-6-11(7-5-10)13-16-17-14(18-13)12-3-2-8-15-9-12;3-2(4,5)1(6)7/h2-9H,1H3;(H,6,7). The van der Waals surface area contributed by atoms with Gasteiger partial charge in [-0.1, -0.05) is 17.7 Å². The number of carboxylic acids is 1. The van der Waals surface area contributed by atoms with Crippen LogP contribution < -0.4 is 0 Å². The Balaban J connectivity index is 0.000000277. The first kappa shape index (κ1) is 18.1. The van der Waals surface area contributed by atoms with Crippen LogP contribution in [0.15, 0.2) is 53.2 Å². The molecule has 9 heteroatoms. The van der Waals surface area contributed by atoms with Crippen molar-refractivity contribution < 1.29 is 27.5 Å². The first-order valence-electron chi connectivity index (χ1n) is 6.88. The minimum Gasteiger partial charge on any atom is -0.475 e. The minimum absolute atomic E-state index is 0.485. The van der Waals surface area contributed by atoms with Crippen LogP contribution in [0, 0.1) is 6.92 Å². The number of alkyl halides is 3. The third-order valence-electron chi connectivity index (χ3n) is 2.87. The molecule has 25 heavy (non-hydrogen) atoms. The lowest BCUT2D eigenvalue weighted by molar-refractivity contribution is -0.192. The van der Waals surface area contributed by atoms with Crippen LogP contribution >= 0.6 is 0 Å². The Kier molecular flexibility index (Phi) is 5.48. The average Bonchev–Trinajstić information content (AvgIpc) is 3.06. The van der Waals surface area contributed by atoms with Crippen molar-refractivity contribution in [3.63, 3.8) is 0 Å². The second-order valence-electron chi connectivity index (χ2n) is 4.82. The summed E-state index contributed by atoms with van der Waals surface area (Å²) >= 11 is 0. The van der Waals surface area contributed by atoms with Gasteiger partial charge in [0.1, 0.15) is 0 Å². The van der Waals surface area contributed by atoms with Crippen LogP contribution in [-0.4, -0.2) is 32.4 Å². The van der Waals surface area contributed by atoms with Crippen molar-refractivity contribution in [2.75, 3.05) is 0 Å². The highest BCUT2D eigenvalue weighted by Gasteiger charge is 2.38. The van der Waals surface area contributed by atoms with Crippen molar-refractivity contribution in [1.82, 2.24) is 15.2 Å². The summed E-state index contributed by atoms with van der Waals surface area (Å²) in [6.07, 6.45) is -1.67. The van der Waals surface area contributed by atoms with E-state index in [9.17, 15) is 13.2 Å². The van der Waals surface area contributed by atoms with Crippen molar-refractivity contribution in [2.24, 2.45) is 0 Å². The van der Waals surface area contributed by atoms with E-state index in [-0.39, 0.29) is 0 Å². The number of pyridine rings is 1. The number of hydrogen-bond acceptors (Lipinski definition) is 5. The third-order valence-corrected chi connectivity index (χ3v) is 2.87. The van der Waals surface area contributed by atoms with Crippen LogP contribution in [0.2, 0.25) is 0 Å². The molecule has 0 aliphatic carbocycles. The van der Waals surface area contributed by atoms with Crippen molar-refractivity contribution in [3.8, 4) is 22.9 Å². The lowest BCUT2D eigenvalue weighted by atomic mass is 10.1. The van der Waals surface area contributed by atoms with Crippen LogP contribution in [0.25, 0.3) is 22.9 Å². The van der Waals surface area contributed by atoms with Gasteiger partial charge in [0.05, 0.1) is 5.56 Å². The highest BCUT2D eigenvalue weighted by Crippen LogP contribution is 2.23. The predicted molar refractivity (Wildman–Crippen MR) is 81.4 cm³/mol. The molecule has 1 aromatic carbocycles. The quantitative estimate of drug-likeness (QED) is 0.756. The number of nitrogens with zero attached hydrogens (tertiary/aromatic N) is 3. The Morgan fingerprint density at radius 1 is 1.04 bits per heavy atom. The fourth-order valence-electron chi connectivity index (χ4n) is 1.64. The van der Waals surface area contributed by atoms with E-state index in [0.717, 1.165) is 11.1 Å². The van der Waals surface area contributed by atoms with Gasteiger partial charge in [-0.25, -0.2) is 4.79 Å². The summed E-state index contributed by atoms with van der Waals surface area (Å²) in [4.78, 5) is 12.9. The molecule has 0 aliphatic rings. The lowest BCUT2D eigenvalue weighted by Gasteiger charge is -1.95. The molecule has 3 aromatic rings. The van der Waals surface area contributed by atoms with E-state index in [0.29, 0.717) is 11.8 Å². The van der Waals surface area contributed by atoms with Crippen LogP contribution in [0.1, 0.15) is 5.56 Å². The second-order valence-corrected chi connectivity index (χ2v) is 4.82. The van der Waals surface area contributed by atoms with Gasteiger partial charge in [-0.3, -0.25) is 4.98 Å². The number of rotatable bonds is 2. The summed E-state index contributed by atoms with van der Waals surface area (Å²) in [6, 6.07) is 11.7. The largest absolute Gasteiger partial charge is 0.490 e. The molecule has 0 aliphatic heterocycles. The molecule has 2 heterocycles. The summed E-state index contributed by atoms with van der Waals surface area (Å²) in [5, 5.41) is 15.2. The van der Waals surface area contributed by atoms with E-state index in [1.54, 1.807) is 12.4 Å². The van der Waals surface area contributed by atoms with Crippen molar-refractivity contribution in [1.29, 1.82) is 0 Å². The zero-order valence-electron chi connectivity index (χ0n) is 12.9. The number of aliphatic carboxylic acids is 1. The number of aryl methyl sites for hydroxylation is 1. The second kappa shape index (κ2) is 7.56. The first-order chi connectivity index (χ1) is 11.8. The van der Waals surface area contributed by atoms with Crippen LogP contribution in [0.5, 0.6) is 0 Å². The zero-order chi connectivity index (χ0) is 18.4. The maximum Gasteiger partial charge on any atom is 0.490 e. The molecule has 0 unspecified atom stereocenters. The van der Waals surface area contributed by atoms with Gasteiger partial charge < -0.3 is 9.52 Å². The number of carboxylic acid groups (broad SMARTS) is 1. The van der Waals surface area contributed by atoms with E-state index in [1.165, 1.54) is 5.56 Å². The Labute approximate surface area is 140 Å². The third kappa shape index (κ3) is 5.13. The van der Waals surface area contributed by atoms with E-state index in [2.05, 4.69) is 15.2 Å². The molecule has 0 saturated heterocycles. The highest BCUT2D eigenvalue weighted by atomic mass is 19.4. The fraction of sp³-hybridized carbons (Fsp3) is 0.125. The maximum absolute atomic E-state index is 10.6. The van der Waals surface area contributed by atoms with Gasteiger partial charge in [0.15, 0.2) is 0 Å². The van der Waals surface area contributed by atoms with Crippen molar-refractivity contribution in [2.45, 2.75) is 13.1 Å². The van der Waals surface area contributed by atoms with E-state index in [1.807, 2.05) is 43.3 Å². The Hall–Kier alpha value is -3.23. The molecular formula is C16H12F3N3O3. The Morgan fingerprint density at radius 2 is 1.60 bits per heavy atom. The van der Waals surface area contributed by atoms with Gasteiger partial charge in [0, 0.05) is 18.0 Å². The molecule has 0 bridgehead atoms. The smallest absolute Gasteiger partial charge is 0.475 e. The minimum atomic E-state index is -5.08. The molecule has 0 saturated carbocycles. The lowest BCUT2D eigenvalue weighted by Crippen LogP contribution is -2.21. The summed E-state index contributed by atoms with van der Waals surface area (Å²) in [7, 11) is 0. The van der Waals surface area contributed by atoms with Gasteiger partial charge >= 0.3 is 12.1 Å². The normalized spacial score (nSPS) is 10.7. The van der Waals surface area contributed by atoms with E-state index in [4.69, 9.17) is 14.3 Å². The van der Waals surface area contributed by atoms with Gasteiger partial charge in [-0.2, -0.15) is 13.2 Å². The molecule has 0 spiro atoms. The number of benzene rings is 1. The molecule has 130 valence electrons. The zero-order valence-corrected chi connectivity index (χ0v) is 12.9. The van der Waals surface area contributed by atoms with Crippen LogP contribution in [0.3, 0.4) is 0 Å². The van der Waals surface area contributed by atoms with E-state index >= 15 is 0 Å². The number of halogens is 3. The summed E-state index contributed by atoms with van der Waals surface area (Å²) < 4.78 is 37.4. The average molecular weight is 351 g/mol. The molecule has 0 radical (unpaired) electrons. The summed E-state index contributed by atoms with van der Waals surface area (Å²) in [5.41, 5.74) is 2.94. The van der Waals surface area contributed by atoms with E-state index < -0.39 is 12.1 Å². The monoisotopic (exact) mass is 351 g/mol. The van der Waals surface area contributed by atoms with Gasteiger partial charge in [-0.15, -0.1) is 10.2 Å². The van der Waals surface area contributed by atoms with Gasteiger partial charge in [0.2, 0.25) is 11.8 Å². The summed E-state index contributed by atoms with van der Waals surface area (Å²) in [5.74, 6) is -1.75. The number of aromatic nitrogens is 3. The maximum atomic E-state index is 10.6. The molecule has 1 N–H and O–H groups in total. The molecule has 0 atom stereocenters. The SMILES string of the molecule is Cc1ccc(-c2nnc(-c3cccnc3)o2)cc1.O=C(O)C(F)(F)F. The molecule has 2 aromatic heterocycles. The molecule has 0 amide bonds. The predicted octanol–water partition coefficient (Wildman–Crippen LogP) is 3.74. The summed E-state index contributed by atoms with van der Waals surface area (Å²) in [6.45, 7) is 2.04. The van der Waals surface area contributed by atoms with Gasteiger partial charge in [-0.05, 0) is 31.2 Å². The Morgan fingerprint density at radius 3 is 2.08 bits per heavy atom. The highest BCUT2D eigenvalue weighted by molar-refractivity contribution is 5.73. The first-order valence-corrected chi connectivity index (χ1v) is 6.88. The van der Waals surface area contributed by atoms with Crippen molar-refractivity contribution in [3.05, 3.63) is 54.4 Å². The topological polar surface area (TPSA) is 89.1 Å². The molecule has 6 nitrogen and oxygen atoms in total. The van der Waals surface area contributed by atoms with Gasteiger partial charge in [0.25, 0.3) is 0 Å². The molecule has 0 fully saturated rings. The molecular weight excluding hydrogens is 339 g/mol. The fourth-order valence-corrected chi connectivity index (χ4v) is 1.64. The van der Waals surface area contributed by atoms with Crippen LogP contribution in [0.4, 0.5) is 13.2 Å². The number of carbonyl (C=O) groups is 1. The van der Waals surface area contributed by atoms with Crippen molar-refractivity contribution >= 4 is 5.97 Å². The number of hydrogen-bond donors (Lipinski definition) is 1. The van der Waals surface area contributed by atoms with Crippen LogP contribution in [-0.2, 0) is 4.79 Å². The molecule has 3 rings (SSSR count).